The zero-order chi connectivity index (χ0) is 13.8. The molecule has 0 amide bonds. The lowest BCUT2D eigenvalue weighted by molar-refractivity contribution is 0.154. The van der Waals surface area contributed by atoms with E-state index in [0.717, 1.165) is 43.2 Å². The maximum absolute atomic E-state index is 9.84. The van der Waals surface area contributed by atoms with Gasteiger partial charge < -0.3 is 14.9 Å². The molecule has 0 aliphatic carbocycles. The lowest BCUT2D eigenvalue weighted by Crippen LogP contribution is -2.39. The zero-order valence-corrected chi connectivity index (χ0v) is 12.8. The molecule has 2 heterocycles. The zero-order valence-electron chi connectivity index (χ0n) is 12.0. The van der Waals surface area contributed by atoms with Gasteiger partial charge in [0.05, 0.1) is 22.5 Å². The minimum absolute atomic E-state index is 0.207. The van der Waals surface area contributed by atoms with E-state index < -0.39 is 0 Å². The maximum atomic E-state index is 9.84. The summed E-state index contributed by atoms with van der Waals surface area (Å²) in [7, 11) is 4.12. The second kappa shape index (κ2) is 6.59. The van der Waals surface area contributed by atoms with Crippen molar-refractivity contribution in [3.05, 3.63) is 17.8 Å². The molecule has 0 bridgehead atoms. The Morgan fingerprint density at radius 2 is 2.26 bits per heavy atom. The second-order valence-corrected chi connectivity index (χ2v) is 6.13. The standard InChI is InChI=1S/C14H23N3OS/c1-16(2)10-12-13(6-7-14(15-12)19-3)17-8-4-5-11(18)9-17/h6-7,11,18H,4-5,8-10H2,1-3H3/t11-/m1/s1. The van der Waals surface area contributed by atoms with E-state index in [1.165, 1.54) is 5.69 Å². The molecule has 0 radical (unpaired) electrons. The number of piperidine rings is 1. The number of pyridine rings is 1. The normalized spacial score (nSPS) is 20.1. The fourth-order valence-electron chi connectivity index (χ4n) is 2.47. The van der Waals surface area contributed by atoms with Crippen LogP contribution in [-0.2, 0) is 6.54 Å². The molecule has 0 saturated carbocycles. The Kier molecular flexibility index (Phi) is 5.07. The molecule has 1 N–H and O–H groups in total. The first-order valence-electron chi connectivity index (χ1n) is 6.72. The van der Waals surface area contributed by atoms with Crippen molar-refractivity contribution in [3.8, 4) is 0 Å². The van der Waals surface area contributed by atoms with Gasteiger partial charge >= 0.3 is 0 Å². The minimum atomic E-state index is -0.207. The molecular weight excluding hydrogens is 258 g/mol. The van der Waals surface area contributed by atoms with E-state index in [0.29, 0.717) is 0 Å². The lowest BCUT2D eigenvalue weighted by atomic mass is 10.1. The van der Waals surface area contributed by atoms with Crippen molar-refractivity contribution in [2.45, 2.75) is 30.5 Å². The topological polar surface area (TPSA) is 39.6 Å². The first-order chi connectivity index (χ1) is 9.10. The third-order valence-electron chi connectivity index (χ3n) is 3.34. The Morgan fingerprint density at radius 1 is 1.47 bits per heavy atom. The third-order valence-corrected chi connectivity index (χ3v) is 3.98. The van der Waals surface area contributed by atoms with E-state index in [-0.39, 0.29) is 6.10 Å². The first kappa shape index (κ1) is 14.6. The number of nitrogens with zero attached hydrogens (tertiary/aromatic N) is 3. The molecule has 1 aliphatic rings. The Bertz CT molecular complexity index is 425. The van der Waals surface area contributed by atoms with Crippen LogP contribution in [0.4, 0.5) is 5.69 Å². The fourth-order valence-corrected chi connectivity index (χ4v) is 2.87. The van der Waals surface area contributed by atoms with Gasteiger partial charge in [-0.15, -0.1) is 11.8 Å². The van der Waals surface area contributed by atoms with Gasteiger partial charge in [-0.25, -0.2) is 4.98 Å². The molecule has 1 atom stereocenters. The van der Waals surface area contributed by atoms with Gasteiger partial charge in [-0.05, 0) is 45.3 Å². The number of anilines is 1. The summed E-state index contributed by atoms with van der Waals surface area (Å²) in [6, 6.07) is 4.22. The van der Waals surface area contributed by atoms with Crippen LogP contribution in [0.2, 0.25) is 0 Å². The van der Waals surface area contributed by atoms with Crippen LogP contribution in [0, 0.1) is 0 Å². The summed E-state index contributed by atoms with van der Waals surface area (Å²) < 4.78 is 0. The van der Waals surface area contributed by atoms with Crippen molar-refractivity contribution in [3.63, 3.8) is 0 Å². The number of rotatable bonds is 4. The van der Waals surface area contributed by atoms with E-state index in [1.54, 1.807) is 11.8 Å². The average molecular weight is 281 g/mol. The van der Waals surface area contributed by atoms with E-state index >= 15 is 0 Å². The summed E-state index contributed by atoms with van der Waals surface area (Å²) in [5, 5.41) is 10.9. The fraction of sp³-hybridized carbons (Fsp3) is 0.643. The molecule has 1 aliphatic heterocycles. The molecule has 0 aromatic carbocycles. The molecule has 2 rings (SSSR count). The summed E-state index contributed by atoms with van der Waals surface area (Å²) in [6.45, 7) is 2.56. The number of hydrogen-bond donors (Lipinski definition) is 1. The van der Waals surface area contributed by atoms with Gasteiger partial charge in [-0.2, -0.15) is 0 Å². The van der Waals surface area contributed by atoms with Gasteiger partial charge in [0.2, 0.25) is 0 Å². The number of hydrogen-bond acceptors (Lipinski definition) is 5. The van der Waals surface area contributed by atoms with Crippen LogP contribution in [0.25, 0.3) is 0 Å². The number of β-amino-alcohol motifs (C(OH)–C–C–N with tert-alkyl or cyclic N) is 1. The van der Waals surface area contributed by atoms with Gasteiger partial charge in [-0.1, -0.05) is 0 Å². The van der Waals surface area contributed by atoms with E-state index in [2.05, 4.69) is 36.0 Å². The molecule has 5 heteroatoms. The van der Waals surface area contributed by atoms with E-state index in [9.17, 15) is 5.11 Å². The van der Waals surface area contributed by atoms with Crippen molar-refractivity contribution in [1.29, 1.82) is 0 Å². The number of aliphatic hydroxyl groups is 1. The predicted molar refractivity (Wildman–Crippen MR) is 80.9 cm³/mol. The SMILES string of the molecule is CSc1ccc(N2CCC[C@@H](O)C2)c(CN(C)C)n1. The van der Waals surface area contributed by atoms with E-state index in [1.807, 2.05) is 6.26 Å². The molecule has 19 heavy (non-hydrogen) atoms. The lowest BCUT2D eigenvalue weighted by Gasteiger charge is -2.33. The number of thioether (sulfide) groups is 1. The second-order valence-electron chi connectivity index (χ2n) is 5.30. The van der Waals surface area contributed by atoms with E-state index in [4.69, 9.17) is 4.98 Å². The van der Waals surface area contributed by atoms with Gasteiger partial charge in [0.15, 0.2) is 0 Å². The molecule has 1 fully saturated rings. The monoisotopic (exact) mass is 281 g/mol. The predicted octanol–water partition coefficient (Wildman–Crippen LogP) is 1.83. The molecule has 1 aromatic rings. The largest absolute Gasteiger partial charge is 0.391 e. The smallest absolute Gasteiger partial charge is 0.0962 e. The van der Waals surface area contributed by atoms with Crippen LogP contribution in [0.15, 0.2) is 17.2 Å². The first-order valence-corrected chi connectivity index (χ1v) is 7.94. The van der Waals surface area contributed by atoms with Gasteiger partial charge in [0.1, 0.15) is 0 Å². The Labute approximate surface area is 119 Å². The average Bonchev–Trinajstić information content (AvgIpc) is 2.38. The van der Waals surface area contributed by atoms with Crippen molar-refractivity contribution in [1.82, 2.24) is 9.88 Å². The van der Waals surface area contributed by atoms with Crippen molar-refractivity contribution in [2.24, 2.45) is 0 Å². The van der Waals surface area contributed by atoms with Crippen LogP contribution in [0.3, 0.4) is 0 Å². The van der Waals surface area contributed by atoms with Crippen LogP contribution in [-0.4, -0.2) is 54.5 Å². The highest BCUT2D eigenvalue weighted by Gasteiger charge is 2.21. The van der Waals surface area contributed by atoms with Crippen LogP contribution >= 0.6 is 11.8 Å². The maximum Gasteiger partial charge on any atom is 0.0962 e. The number of aliphatic hydroxyl groups excluding tert-OH is 1. The summed E-state index contributed by atoms with van der Waals surface area (Å²) in [4.78, 5) is 9.13. The van der Waals surface area contributed by atoms with Crippen LogP contribution in [0.5, 0.6) is 0 Å². The quantitative estimate of drug-likeness (QED) is 0.853. The van der Waals surface area contributed by atoms with Crippen molar-refractivity contribution >= 4 is 17.4 Å². The summed E-state index contributed by atoms with van der Waals surface area (Å²) >= 11 is 1.67. The molecule has 106 valence electrons. The summed E-state index contributed by atoms with van der Waals surface area (Å²) in [5.74, 6) is 0. The minimum Gasteiger partial charge on any atom is -0.391 e. The van der Waals surface area contributed by atoms with Gasteiger partial charge in [0.25, 0.3) is 0 Å². The Hall–Kier alpha value is -0.780. The van der Waals surface area contributed by atoms with Gasteiger partial charge in [-0.3, -0.25) is 0 Å². The molecule has 4 nitrogen and oxygen atoms in total. The highest BCUT2D eigenvalue weighted by molar-refractivity contribution is 7.98. The highest BCUT2D eigenvalue weighted by Crippen LogP contribution is 2.26. The summed E-state index contributed by atoms with van der Waals surface area (Å²) in [6.07, 6.45) is 3.80. The number of aromatic nitrogens is 1. The molecule has 0 spiro atoms. The van der Waals surface area contributed by atoms with Gasteiger partial charge in [0, 0.05) is 19.6 Å². The highest BCUT2D eigenvalue weighted by atomic mass is 32.2. The van der Waals surface area contributed by atoms with Crippen LogP contribution in [0.1, 0.15) is 18.5 Å². The van der Waals surface area contributed by atoms with Crippen LogP contribution < -0.4 is 4.90 Å². The molecular formula is C14H23N3OS. The van der Waals surface area contributed by atoms with Crippen molar-refractivity contribution < 1.29 is 5.11 Å². The Morgan fingerprint density at radius 3 is 2.89 bits per heavy atom. The molecule has 0 unspecified atom stereocenters. The molecule has 1 saturated heterocycles. The Balaban J connectivity index is 2.26. The molecule has 1 aromatic heterocycles. The van der Waals surface area contributed by atoms with Crippen molar-refractivity contribution in [2.75, 3.05) is 38.3 Å². The summed E-state index contributed by atoms with van der Waals surface area (Å²) in [5.41, 5.74) is 2.27. The third kappa shape index (κ3) is 3.84.